The van der Waals surface area contributed by atoms with Crippen molar-refractivity contribution < 1.29 is 18.6 Å². The van der Waals surface area contributed by atoms with Gasteiger partial charge in [0.25, 0.3) is 0 Å². The molecule has 2 N–H and O–H groups in total. The minimum atomic E-state index is -3.24. The molecular formula is C17H27N3O4S. The fraction of sp³-hybridized carbons (Fsp3) is 0.647. The Balaban J connectivity index is 1.53. The summed E-state index contributed by atoms with van der Waals surface area (Å²) < 4.78 is 32.6. The van der Waals surface area contributed by atoms with Gasteiger partial charge in [-0.2, -0.15) is 0 Å². The average molecular weight is 369 g/mol. The summed E-state index contributed by atoms with van der Waals surface area (Å²) in [5.41, 5.74) is 1.08. The predicted molar refractivity (Wildman–Crippen MR) is 95.6 cm³/mol. The lowest BCUT2D eigenvalue weighted by molar-refractivity contribution is 0.0500. The van der Waals surface area contributed by atoms with E-state index in [9.17, 15) is 8.76 Å². The molecule has 1 aromatic carbocycles. The summed E-state index contributed by atoms with van der Waals surface area (Å²) in [5.74, 6) is 0.131. The van der Waals surface area contributed by atoms with Crippen LogP contribution in [0.3, 0.4) is 0 Å². The topological polar surface area (TPSA) is 88.1 Å². The van der Waals surface area contributed by atoms with E-state index in [-0.39, 0.29) is 24.4 Å². The molecule has 2 aliphatic heterocycles. The fourth-order valence-corrected chi connectivity index (χ4v) is 5.22. The van der Waals surface area contributed by atoms with Crippen molar-refractivity contribution in [1.82, 2.24) is 14.5 Å². The lowest BCUT2D eigenvalue weighted by atomic mass is 10.1. The summed E-state index contributed by atoms with van der Waals surface area (Å²) in [6.45, 7) is 5.04. The maximum absolute atomic E-state index is 12.1. The monoisotopic (exact) mass is 369 g/mol. The highest BCUT2D eigenvalue weighted by Gasteiger charge is 2.44. The van der Waals surface area contributed by atoms with Crippen LogP contribution in [-0.2, 0) is 26.0 Å². The molecule has 140 valence electrons. The van der Waals surface area contributed by atoms with Crippen molar-refractivity contribution in [2.24, 2.45) is 0 Å². The molecule has 0 saturated carbocycles. The molecule has 2 fully saturated rings. The van der Waals surface area contributed by atoms with Crippen molar-refractivity contribution in [3.8, 4) is 0 Å². The van der Waals surface area contributed by atoms with Crippen LogP contribution in [-0.4, -0.2) is 83.2 Å². The third kappa shape index (κ3) is 5.30. The average Bonchev–Trinajstić information content (AvgIpc) is 2.92. The van der Waals surface area contributed by atoms with E-state index in [4.69, 9.17) is 9.84 Å². The molecule has 0 aliphatic carbocycles. The number of ether oxygens (including phenoxy) is 1. The molecule has 0 spiro atoms. The van der Waals surface area contributed by atoms with E-state index in [1.807, 2.05) is 30.3 Å². The number of hydrogen-bond acceptors (Lipinski definition) is 6. The Labute approximate surface area is 150 Å². The van der Waals surface area contributed by atoms with E-state index >= 15 is 0 Å². The van der Waals surface area contributed by atoms with Crippen LogP contribution in [0.1, 0.15) is 5.56 Å². The van der Waals surface area contributed by atoms with Crippen LogP contribution < -0.4 is 4.72 Å². The van der Waals surface area contributed by atoms with Gasteiger partial charge in [0, 0.05) is 32.7 Å². The van der Waals surface area contributed by atoms with Gasteiger partial charge in [0.1, 0.15) is 16.2 Å². The van der Waals surface area contributed by atoms with Gasteiger partial charge in [-0.25, -0.2) is 0 Å². The Bertz CT molecular complexity index is 581. The highest BCUT2D eigenvalue weighted by molar-refractivity contribution is 7.96. The third-order valence-electron chi connectivity index (χ3n) is 4.89. The Morgan fingerprint density at radius 1 is 1.24 bits per heavy atom. The van der Waals surface area contributed by atoms with Gasteiger partial charge in [0.15, 0.2) is 0 Å². The zero-order chi connectivity index (χ0) is 17.7. The molecule has 8 heteroatoms. The van der Waals surface area contributed by atoms with Crippen molar-refractivity contribution in [3.63, 3.8) is 0 Å². The minimum absolute atomic E-state index is 0.0583. The number of β-amino-alcohol motifs (C(OH)–C–C–N with tert-alkyl or cyclic N) is 1. The Kier molecular flexibility index (Phi) is 6.56. The summed E-state index contributed by atoms with van der Waals surface area (Å²) in [6.07, 6.45) is 0. The molecule has 7 nitrogen and oxygen atoms in total. The van der Waals surface area contributed by atoms with Crippen molar-refractivity contribution in [2.75, 3.05) is 51.7 Å². The molecular weight excluding hydrogens is 342 g/mol. The minimum Gasteiger partial charge on any atom is -0.598 e. The van der Waals surface area contributed by atoms with Crippen molar-refractivity contribution in [2.45, 2.75) is 18.7 Å². The van der Waals surface area contributed by atoms with Crippen LogP contribution in [0.4, 0.5) is 0 Å². The quantitative estimate of drug-likeness (QED) is 0.642. The number of benzene rings is 1. The van der Waals surface area contributed by atoms with E-state index in [1.54, 1.807) is 0 Å². The van der Waals surface area contributed by atoms with Crippen LogP contribution in [0.5, 0.6) is 0 Å². The molecule has 25 heavy (non-hydrogen) atoms. The van der Waals surface area contributed by atoms with Gasteiger partial charge >= 0.3 is 0 Å². The first-order valence-corrected chi connectivity index (χ1v) is 10.4. The molecule has 0 radical (unpaired) electrons. The highest BCUT2D eigenvalue weighted by Crippen LogP contribution is 2.21. The number of rotatable bonds is 7. The molecule has 3 atom stereocenters. The van der Waals surface area contributed by atoms with Gasteiger partial charge < -0.3 is 14.4 Å². The van der Waals surface area contributed by atoms with Gasteiger partial charge in [-0.3, -0.25) is 9.80 Å². The largest absolute Gasteiger partial charge is 0.598 e. The molecule has 2 heterocycles. The number of nitrogens with zero attached hydrogens (tertiary/aromatic N) is 2. The summed E-state index contributed by atoms with van der Waals surface area (Å²) in [6, 6.07) is 9.61. The molecule has 3 rings (SSSR count). The van der Waals surface area contributed by atoms with Crippen LogP contribution in [0.25, 0.3) is 0 Å². The maximum Gasteiger partial charge on any atom is 0.144 e. The van der Waals surface area contributed by atoms with Crippen LogP contribution >= 0.6 is 0 Å². The number of nitrogens with one attached hydrogen (secondary N) is 1. The van der Waals surface area contributed by atoms with Crippen LogP contribution in [0.2, 0.25) is 0 Å². The molecule has 1 aromatic rings. The van der Waals surface area contributed by atoms with E-state index in [1.165, 1.54) is 0 Å². The van der Waals surface area contributed by atoms with Crippen molar-refractivity contribution >= 4 is 10.4 Å². The van der Waals surface area contributed by atoms with Crippen molar-refractivity contribution in [1.29, 1.82) is 0 Å². The lowest BCUT2D eigenvalue weighted by Gasteiger charge is -2.38. The van der Waals surface area contributed by atoms with Crippen LogP contribution in [0.15, 0.2) is 30.3 Å². The molecule has 0 amide bonds. The van der Waals surface area contributed by atoms with E-state index < -0.39 is 10.4 Å². The summed E-state index contributed by atoms with van der Waals surface area (Å²) in [5, 5.41) is 9.04. The normalized spacial score (nSPS) is 31.4. The Morgan fingerprint density at radius 3 is 2.64 bits per heavy atom. The van der Waals surface area contributed by atoms with E-state index in [0.29, 0.717) is 19.8 Å². The molecule has 2 aliphatic rings. The molecule has 1 unspecified atom stereocenters. The summed E-state index contributed by atoms with van der Waals surface area (Å²) in [4.78, 5) is 4.44. The van der Waals surface area contributed by atoms with Gasteiger partial charge in [-0.05, 0) is 5.56 Å². The zero-order valence-corrected chi connectivity index (χ0v) is 15.2. The lowest BCUT2D eigenvalue weighted by Crippen LogP contribution is -2.55. The Hall–Kier alpha value is -0.870. The van der Waals surface area contributed by atoms with E-state index in [0.717, 1.165) is 31.7 Å². The first kappa shape index (κ1) is 18.9. The number of piperazine rings is 1. The SMILES string of the molecule is O=[S+]1([O-])C[C@H](N2CCN(CCO)CC2)[C@H](COCc2ccccc2)N1. The standard InChI is InChI=1S/C17H27N3O4S/c21-11-10-19-6-8-20(9-7-19)17-14-25(22,23)18-16(17)13-24-12-15-4-2-1-3-5-15/h1-5,16-17,21H,6-14H2,(H-,18,22,23)/t16-,17-/m0/s1. The second kappa shape index (κ2) is 8.68. The van der Waals surface area contributed by atoms with Gasteiger partial charge in [-0.1, -0.05) is 34.5 Å². The number of aliphatic hydroxyl groups excluding tert-OH is 1. The maximum atomic E-state index is 12.1. The number of sulfonamides is 1. The van der Waals surface area contributed by atoms with Crippen molar-refractivity contribution in [3.05, 3.63) is 35.9 Å². The second-order valence-corrected chi connectivity index (χ2v) is 8.47. The first-order valence-electron chi connectivity index (χ1n) is 8.76. The summed E-state index contributed by atoms with van der Waals surface area (Å²) in [7, 11) is -3.24. The van der Waals surface area contributed by atoms with Gasteiger partial charge in [0.2, 0.25) is 0 Å². The zero-order valence-electron chi connectivity index (χ0n) is 14.4. The fourth-order valence-electron chi connectivity index (χ4n) is 3.54. The van der Waals surface area contributed by atoms with Crippen LogP contribution in [0, 0.1) is 0 Å². The first-order chi connectivity index (χ1) is 12.1. The molecule has 0 aromatic heterocycles. The highest BCUT2D eigenvalue weighted by atomic mass is 32.3. The molecule has 0 bridgehead atoms. The van der Waals surface area contributed by atoms with Gasteiger partial charge in [-0.15, -0.1) is 4.72 Å². The number of aliphatic hydroxyl groups is 1. The molecule has 2 saturated heterocycles. The van der Waals surface area contributed by atoms with Gasteiger partial charge in [0.05, 0.1) is 31.9 Å². The third-order valence-corrected chi connectivity index (χ3v) is 6.33. The predicted octanol–water partition coefficient (Wildman–Crippen LogP) is -0.302. The Morgan fingerprint density at radius 2 is 1.96 bits per heavy atom. The van der Waals surface area contributed by atoms with E-state index in [2.05, 4.69) is 14.5 Å². The smallest absolute Gasteiger partial charge is 0.144 e. The number of hydrogen-bond donors (Lipinski definition) is 2. The second-order valence-electron chi connectivity index (χ2n) is 6.68. The summed E-state index contributed by atoms with van der Waals surface area (Å²) >= 11 is 0.